The van der Waals surface area contributed by atoms with Crippen LogP contribution in [0.15, 0.2) is 48.5 Å². The van der Waals surface area contributed by atoms with Crippen molar-refractivity contribution in [2.75, 3.05) is 14.2 Å². The maximum atomic E-state index is 5.21. The van der Waals surface area contributed by atoms with Crippen LogP contribution in [0.1, 0.15) is 11.1 Å². The van der Waals surface area contributed by atoms with Crippen LogP contribution in [0.5, 0.6) is 11.5 Å². The van der Waals surface area contributed by atoms with Crippen molar-refractivity contribution in [1.82, 2.24) is 0 Å². The van der Waals surface area contributed by atoms with Crippen molar-refractivity contribution in [2.45, 2.75) is 13.2 Å². The Morgan fingerprint density at radius 3 is 1.80 bits per heavy atom. The fraction of sp³-hybridized carbons (Fsp3) is 0.250. The Hall–Kier alpha value is -2.04. The monoisotopic (exact) mass is 274 g/mol. The van der Waals surface area contributed by atoms with Gasteiger partial charge < -0.3 is 9.47 Å². The topological polar surface area (TPSA) is 36.9 Å². The van der Waals surface area contributed by atoms with Crippen molar-refractivity contribution >= 4 is 0 Å². The molecule has 2 rings (SSSR count). The van der Waals surface area contributed by atoms with Gasteiger partial charge in [0, 0.05) is 6.07 Å². The van der Waals surface area contributed by atoms with E-state index in [-0.39, 0.29) is 0 Å². The van der Waals surface area contributed by atoms with Gasteiger partial charge in [0.05, 0.1) is 14.2 Å². The van der Waals surface area contributed by atoms with Gasteiger partial charge >= 0.3 is 0 Å². The molecule has 0 spiro atoms. The van der Waals surface area contributed by atoms with Gasteiger partial charge in [0.25, 0.3) is 0 Å². The zero-order valence-corrected chi connectivity index (χ0v) is 11.7. The molecular formula is C16H18O4. The quantitative estimate of drug-likeness (QED) is 0.441. The van der Waals surface area contributed by atoms with Gasteiger partial charge in [-0.3, -0.25) is 0 Å². The Morgan fingerprint density at radius 1 is 0.700 bits per heavy atom. The summed E-state index contributed by atoms with van der Waals surface area (Å²) < 4.78 is 10.4. The number of hydrogen-bond donors (Lipinski definition) is 0. The van der Waals surface area contributed by atoms with Crippen LogP contribution >= 0.6 is 0 Å². The van der Waals surface area contributed by atoms with E-state index in [0.29, 0.717) is 13.2 Å². The molecule has 0 amide bonds. The van der Waals surface area contributed by atoms with Crippen LogP contribution in [0.3, 0.4) is 0 Å². The summed E-state index contributed by atoms with van der Waals surface area (Å²) in [5.74, 6) is 1.46. The van der Waals surface area contributed by atoms with Crippen LogP contribution in [0.4, 0.5) is 0 Å². The lowest BCUT2D eigenvalue weighted by molar-refractivity contribution is -0.313. The molecule has 0 bridgehead atoms. The Morgan fingerprint density at radius 2 is 1.25 bits per heavy atom. The molecular weight excluding hydrogens is 256 g/mol. The summed E-state index contributed by atoms with van der Waals surface area (Å²) in [6.07, 6.45) is 0. The molecule has 0 fully saturated rings. The molecule has 0 radical (unpaired) electrons. The van der Waals surface area contributed by atoms with E-state index in [2.05, 4.69) is 0 Å². The Bertz CT molecular complexity index is 503. The maximum absolute atomic E-state index is 5.21. The van der Waals surface area contributed by atoms with E-state index >= 15 is 0 Å². The highest BCUT2D eigenvalue weighted by Crippen LogP contribution is 2.23. The predicted octanol–water partition coefficient (Wildman–Crippen LogP) is 3.35. The standard InChI is InChI=1S/C16H18O4/c1-17-15-8-14(9-16(10-15)18-2)12-20-19-11-13-6-4-3-5-7-13/h3-10H,11-12H2,1-2H3. The first-order valence-electron chi connectivity index (χ1n) is 6.32. The molecule has 4 nitrogen and oxygen atoms in total. The third-order valence-electron chi connectivity index (χ3n) is 2.79. The van der Waals surface area contributed by atoms with Crippen molar-refractivity contribution in [1.29, 1.82) is 0 Å². The van der Waals surface area contributed by atoms with Crippen LogP contribution in [0.25, 0.3) is 0 Å². The Kier molecular flexibility index (Phi) is 5.41. The molecule has 20 heavy (non-hydrogen) atoms. The van der Waals surface area contributed by atoms with Gasteiger partial charge in [0.15, 0.2) is 0 Å². The van der Waals surface area contributed by atoms with E-state index in [1.807, 2.05) is 48.5 Å². The maximum Gasteiger partial charge on any atom is 0.122 e. The second-order valence-electron chi connectivity index (χ2n) is 4.23. The summed E-state index contributed by atoms with van der Waals surface area (Å²) in [7, 11) is 3.23. The summed E-state index contributed by atoms with van der Waals surface area (Å²) in [6.45, 7) is 0.752. The first-order valence-corrected chi connectivity index (χ1v) is 6.32. The molecule has 0 N–H and O–H groups in total. The highest BCUT2D eigenvalue weighted by atomic mass is 17.2. The highest BCUT2D eigenvalue weighted by Gasteiger charge is 2.02. The normalized spacial score (nSPS) is 10.3. The molecule has 0 aromatic heterocycles. The fourth-order valence-electron chi connectivity index (χ4n) is 1.74. The molecule has 0 saturated carbocycles. The second-order valence-corrected chi connectivity index (χ2v) is 4.23. The first kappa shape index (κ1) is 14.4. The minimum Gasteiger partial charge on any atom is -0.497 e. The third kappa shape index (κ3) is 4.26. The smallest absolute Gasteiger partial charge is 0.122 e. The van der Waals surface area contributed by atoms with Gasteiger partial charge in [0.1, 0.15) is 24.7 Å². The van der Waals surface area contributed by atoms with E-state index in [9.17, 15) is 0 Å². The second kappa shape index (κ2) is 7.53. The molecule has 0 heterocycles. The molecule has 0 aliphatic heterocycles. The predicted molar refractivity (Wildman–Crippen MR) is 75.6 cm³/mol. The number of benzene rings is 2. The summed E-state index contributed by atoms with van der Waals surface area (Å²) in [6, 6.07) is 15.4. The first-order chi connectivity index (χ1) is 9.81. The Labute approximate surface area is 118 Å². The van der Waals surface area contributed by atoms with Crippen molar-refractivity contribution in [3.63, 3.8) is 0 Å². The summed E-state index contributed by atoms with van der Waals surface area (Å²) in [5, 5.41) is 0. The molecule has 0 aliphatic carbocycles. The summed E-state index contributed by atoms with van der Waals surface area (Å²) in [5.41, 5.74) is 1.99. The van der Waals surface area contributed by atoms with Crippen LogP contribution in [0.2, 0.25) is 0 Å². The summed E-state index contributed by atoms with van der Waals surface area (Å²) >= 11 is 0. The summed E-state index contributed by atoms with van der Waals surface area (Å²) in [4.78, 5) is 10.4. The lowest BCUT2D eigenvalue weighted by atomic mass is 10.2. The molecule has 2 aromatic rings. The van der Waals surface area contributed by atoms with Gasteiger partial charge in [-0.2, -0.15) is 0 Å². The lowest BCUT2D eigenvalue weighted by Gasteiger charge is -2.08. The van der Waals surface area contributed by atoms with Gasteiger partial charge in [0.2, 0.25) is 0 Å². The van der Waals surface area contributed by atoms with Gasteiger partial charge in [-0.05, 0) is 23.3 Å². The molecule has 0 unspecified atom stereocenters. The third-order valence-corrected chi connectivity index (χ3v) is 2.79. The average molecular weight is 274 g/mol. The zero-order valence-electron chi connectivity index (χ0n) is 11.7. The number of methoxy groups -OCH3 is 2. The van der Waals surface area contributed by atoms with Crippen molar-refractivity contribution in [3.8, 4) is 11.5 Å². The molecule has 106 valence electrons. The van der Waals surface area contributed by atoms with Crippen LogP contribution < -0.4 is 9.47 Å². The zero-order chi connectivity index (χ0) is 14.2. The number of rotatable bonds is 7. The molecule has 0 saturated heterocycles. The number of hydrogen-bond acceptors (Lipinski definition) is 4. The van der Waals surface area contributed by atoms with Crippen LogP contribution in [-0.2, 0) is 23.0 Å². The highest BCUT2D eigenvalue weighted by molar-refractivity contribution is 5.38. The SMILES string of the molecule is COc1cc(COOCc2ccccc2)cc(OC)c1. The molecule has 2 aromatic carbocycles. The van der Waals surface area contributed by atoms with Crippen molar-refractivity contribution < 1.29 is 19.2 Å². The largest absolute Gasteiger partial charge is 0.497 e. The van der Waals surface area contributed by atoms with Gasteiger partial charge in [-0.25, -0.2) is 9.78 Å². The minimum absolute atomic E-state index is 0.334. The Balaban J connectivity index is 1.84. The lowest BCUT2D eigenvalue weighted by Crippen LogP contribution is -1.97. The van der Waals surface area contributed by atoms with E-state index in [1.165, 1.54) is 0 Å². The van der Waals surface area contributed by atoms with Crippen LogP contribution in [-0.4, -0.2) is 14.2 Å². The number of ether oxygens (including phenoxy) is 2. The van der Waals surface area contributed by atoms with Crippen molar-refractivity contribution in [3.05, 3.63) is 59.7 Å². The van der Waals surface area contributed by atoms with E-state index < -0.39 is 0 Å². The van der Waals surface area contributed by atoms with Crippen molar-refractivity contribution in [2.24, 2.45) is 0 Å². The minimum atomic E-state index is 0.334. The van der Waals surface area contributed by atoms with Gasteiger partial charge in [-0.15, -0.1) is 0 Å². The van der Waals surface area contributed by atoms with E-state index in [1.54, 1.807) is 14.2 Å². The van der Waals surface area contributed by atoms with Crippen LogP contribution in [0, 0.1) is 0 Å². The average Bonchev–Trinajstić information content (AvgIpc) is 2.52. The molecule has 0 aliphatic rings. The molecule has 0 atom stereocenters. The van der Waals surface area contributed by atoms with E-state index in [4.69, 9.17) is 19.2 Å². The van der Waals surface area contributed by atoms with E-state index in [0.717, 1.165) is 22.6 Å². The fourth-order valence-corrected chi connectivity index (χ4v) is 1.74. The molecule has 4 heteroatoms. The van der Waals surface area contributed by atoms with Gasteiger partial charge in [-0.1, -0.05) is 30.3 Å².